The van der Waals surface area contributed by atoms with Crippen LogP contribution in [0.3, 0.4) is 0 Å². The molecule has 2 amide bonds. The number of rotatable bonds is 6. The van der Waals surface area contributed by atoms with Gasteiger partial charge in [-0.1, -0.05) is 30.3 Å². The maximum atomic E-state index is 13.0. The highest BCUT2D eigenvalue weighted by Crippen LogP contribution is 2.34. The lowest BCUT2D eigenvalue weighted by Crippen LogP contribution is -2.32. The van der Waals surface area contributed by atoms with Crippen LogP contribution in [-0.2, 0) is 11.3 Å². The van der Waals surface area contributed by atoms with Crippen molar-refractivity contribution in [3.8, 4) is 5.75 Å². The van der Waals surface area contributed by atoms with Crippen LogP contribution in [0, 0.1) is 0 Å². The van der Waals surface area contributed by atoms with E-state index in [1.807, 2.05) is 48.5 Å². The van der Waals surface area contributed by atoms with Crippen molar-refractivity contribution in [2.75, 3.05) is 12.4 Å². The van der Waals surface area contributed by atoms with Crippen molar-refractivity contribution >= 4 is 17.5 Å². The van der Waals surface area contributed by atoms with Crippen LogP contribution in [0.2, 0.25) is 0 Å². The van der Waals surface area contributed by atoms with Crippen molar-refractivity contribution in [2.24, 2.45) is 0 Å². The van der Waals surface area contributed by atoms with E-state index >= 15 is 0 Å². The zero-order chi connectivity index (χ0) is 20.2. The number of aromatic nitrogens is 1. The first kappa shape index (κ1) is 18.7. The zero-order valence-electron chi connectivity index (χ0n) is 16.0. The molecule has 1 aliphatic rings. The van der Waals surface area contributed by atoms with Gasteiger partial charge in [-0.2, -0.15) is 0 Å². The van der Waals surface area contributed by atoms with Crippen LogP contribution in [0.15, 0.2) is 73.1 Å². The van der Waals surface area contributed by atoms with Crippen LogP contribution in [-0.4, -0.2) is 28.8 Å². The molecule has 0 saturated carbocycles. The average Bonchev–Trinajstić information content (AvgIpc) is 3.09. The van der Waals surface area contributed by atoms with E-state index in [1.165, 1.54) is 0 Å². The summed E-state index contributed by atoms with van der Waals surface area (Å²) in [6.45, 7) is 0.478. The largest absolute Gasteiger partial charge is 0.497 e. The first-order valence-corrected chi connectivity index (χ1v) is 9.38. The van der Waals surface area contributed by atoms with E-state index in [2.05, 4.69) is 10.3 Å². The average molecular weight is 387 g/mol. The number of nitrogens with one attached hydrogen (secondary N) is 1. The summed E-state index contributed by atoms with van der Waals surface area (Å²) in [5.74, 6) is 0.488. The highest BCUT2D eigenvalue weighted by molar-refractivity contribution is 5.99. The maximum Gasteiger partial charge on any atom is 0.255 e. The molecule has 146 valence electrons. The number of nitrogens with zero attached hydrogens (tertiary/aromatic N) is 2. The van der Waals surface area contributed by atoms with Gasteiger partial charge < -0.3 is 15.0 Å². The number of carbonyl (C=O) groups is 2. The summed E-state index contributed by atoms with van der Waals surface area (Å²) >= 11 is 0. The molecule has 0 saturated heterocycles. The number of anilines is 1. The molecule has 29 heavy (non-hydrogen) atoms. The van der Waals surface area contributed by atoms with Crippen LogP contribution in [0.4, 0.5) is 5.69 Å². The molecule has 0 radical (unpaired) electrons. The summed E-state index contributed by atoms with van der Waals surface area (Å²) in [4.78, 5) is 31.6. The number of hydrogen-bond acceptors (Lipinski definition) is 4. The van der Waals surface area contributed by atoms with Gasteiger partial charge in [0.25, 0.3) is 5.91 Å². The van der Waals surface area contributed by atoms with Crippen LogP contribution < -0.4 is 10.1 Å². The molecule has 0 spiro atoms. The molecule has 1 aromatic heterocycles. The van der Waals surface area contributed by atoms with Crippen LogP contribution in [0.1, 0.15) is 33.9 Å². The number of methoxy groups -OCH3 is 1. The lowest BCUT2D eigenvalue weighted by molar-refractivity contribution is -0.117. The molecule has 2 heterocycles. The second-order valence-electron chi connectivity index (χ2n) is 6.87. The van der Waals surface area contributed by atoms with Crippen molar-refractivity contribution in [3.63, 3.8) is 0 Å². The van der Waals surface area contributed by atoms with Crippen molar-refractivity contribution in [3.05, 3.63) is 89.7 Å². The SMILES string of the molecule is COc1ccc([C@H](CC(=O)Nc2cccnc2)N2Cc3ccccc3C2=O)cc1. The summed E-state index contributed by atoms with van der Waals surface area (Å²) < 4.78 is 5.24. The number of carbonyl (C=O) groups excluding carboxylic acids is 2. The molecule has 2 aromatic carbocycles. The van der Waals surface area contributed by atoms with Crippen LogP contribution in [0.5, 0.6) is 5.75 Å². The second-order valence-corrected chi connectivity index (χ2v) is 6.87. The normalized spacial score (nSPS) is 13.7. The fourth-order valence-electron chi connectivity index (χ4n) is 3.59. The Labute approximate surface area is 169 Å². The molecule has 4 rings (SSSR count). The summed E-state index contributed by atoms with van der Waals surface area (Å²) in [6, 6.07) is 18.2. The Morgan fingerprint density at radius 3 is 2.62 bits per heavy atom. The summed E-state index contributed by atoms with van der Waals surface area (Å²) in [7, 11) is 1.61. The van der Waals surface area contributed by atoms with E-state index in [4.69, 9.17) is 4.74 Å². The van der Waals surface area contributed by atoms with Gasteiger partial charge >= 0.3 is 0 Å². The molecule has 6 nitrogen and oxygen atoms in total. The zero-order valence-corrected chi connectivity index (χ0v) is 16.0. The third-order valence-corrected chi connectivity index (χ3v) is 5.05. The van der Waals surface area contributed by atoms with Crippen LogP contribution >= 0.6 is 0 Å². The number of hydrogen-bond donors (Lipinski definition) is 1. The first-order chi connectivity index (χ1) is 14.2. The molecule has 0 unspecified atom stereocenters. The highest BCUT2D eigenvalue weighted by Gasteiger charge is 2.34. The lowest BCUT2D eigenvalue weighted by atomic mass is 10.0. The Bertz CT molecular complexity index is 1020. The van der Waals surface area contributed by atoms with Gasteiger partial charge in [0.1, 0.15) is 5.75 Å². The molecule has 1 aliphatic heterocycles. The van der Waals surface area contributed by atoms with Crippen molar-refractivity contribution < 1.29 is 14.3 Å². The number of ether oxygens (including phenoxy) is 1. The number of benzene rings is 2. The Hall–Kier alpha value is -3.67. The Morgan fingerprint density at radius 1 is 1.14 bits per heavy atom. The minimum absolute atomic E-state index is 0.0596. The van der Waals surface area contributed by atoms with Gasteiger partial charge in [-0.05, 0) is 41.5 Å². The van der Waals surface area contributed by atoms with Crippen molar-refractivity contribution in [1.82, 2.24) is 9.88 Å². The van der Waals surface area contributed by atoms with E-state index in [1.54, 1.807) is 36.5 Å². The summed E-state index contributed by atoms with van der Waals surface area (Å²) in [5, 5.41) is 2.86. The van der Waals surface area contributed by atoms with Crippen LogP contribution in [0.25, 0.3) is 0 Å². The van der Waals surface area contributed by atoms with E-state index < -0.39 is 6.04 Å². The molecule has 1 N–H and O–H groups in total. The third-order valence-electron chi connectivity index (χ3n) is 5.05. The lowest BCUT2D eigenvalue weighted by Gasteiger charge is -2.28. The third kappa shape index (κ3) is 3.96. The fraction of sp³-hybridized carbons (Fsp3) is 0.174. The Balaban J connectivity index is 1.61. The molecule has 0 aliphatic carbocycles. The second kappa shape index (κ2) is 8.14. The van der Waals surface area contributed by atoms with Gasteiger partial charge in [0.2, 0.25) is 5.91 Å². The summed E-state index contributed by atoms with van der Waals surface area (Å²) in [5.41, 5.74) is 3.18. The molecular weight excluding hydrogens is 366 g/mol. The number of pyridine rings is 1. The molecule has 3 aromatic rings. The Kier molecular flexibility index (Phi) is 5.24. The van der Waals surface area contributed by atoms with Crippen molar-refractivity contribution in [2.45, 2.75) is 19.0 Å². The van der Waals surface area contributed by atoms with E-state index in [0.717, 1.165) is 16.9 Å². The molecular formula is C23H21N3O3. The standard InChI is InChI=1S/C23H21N3O3/c1-29-19-10-8-16(9-11-19)21(13-22(27)25-18-6-4-12-24-14-18)26-15-17-5-2-3-7-20(17)23(26)28/h2-12,14,21H,13,15H2,1H3,(H,25,27)/t21-/m0/s1. The minimum Gasteiger partial charge on any atom is -0.497 e. The predicted octanol–water partition coefficient (Wildman–Crippen LogP) is 3.82. The van der Waals surface area contributed by atoms with Gasteiger partial charge in [-0.3, -0.25) is 14.6 Å². The molecule has 0 bridgehead atoms. The van der Waals surface area contributed by atoms with Gasteiger partial charge in [0, 0.05) is 18.3 Å². The summed E-state index contributed by atoms with van der Waals surface area (Å²) in [6.07, 6.45) is 3.38. The molecule has 0 fully saturated rings. The molecule has 6 heteroatoms. The van der Waals surface area contributed by atoms with E-state index in [9.17, 15) is 9.59 Å². The smallest absolute Gasteiger partial charge is 0.255 e. The number of amides is 2. The topological polar surface area (TPSA) is 71.5 Å². The van der Waals surface area contributed by atoms with Gasteiger partial charge in [-0.15, -0.1) is 0 Å². The maximum absolute atomic E-state index is 13.0. The van der Waals surface area contributed by atoms with Gasteiger partial charge in [-0.25, -0.2) is 0 Å². The quantitative estimate of drug-likeness (QED) is 0.698. The fourth-order valence-corrected chi connectivity index (χ4v) is 3.59. The minimum atomic E-state index is -0.391. The predicted molar refractivity (Wildman–Crippen MR) is 110 cm³/mol. The van der Waals surface area contributed by atoms with Gasteiger partial charge in [0.15, 0.2) is 0 Å². The molecule has 1 atom stereocenters. The van der Waals surface area contributed by atoms with Crippen molar-refractivity contribution in [1.29, 1.82) is 0 Å². The number of fused-ring (bicyclic) bond motifs is 1. The highest BCUT2D eigenvalue weighted by atomic mass is 16.5. The van der Waals surface area contributed by atoms with E-state index in [-0.39, 0.29) is 18.2 Å². The van der Waals surface area contributed by atoms with E-state index in [0.29, 0.717) is 17.8 Å². The first-order valence-electron chi connectivity index (χ1n) is 9.38. The monoisotopic (exact) mass is 387 g/mol. The Morgan fingerprint density at radius 2 is 1.93 bits per heavy atom. The van der Waals surface area contributed by atoms with Gasteiger partial charge in [0.05, 0.1) is 31.5 Å².